The van der Waals surface area contributed by atoms with E-state index in [2.05, 4.69) is 0 Å². The number of fused-ring (bicyclic) bond motifs is 1. The van der Waals surface area contributed by atoms with Crippen LogP contribution in [0.5, 0.6) is 0 Å². The number of hydrogen-bond acceptors (Lipinski definition) is 3. The summed E-state index contributed by atoms with van der Waals surface area (Å²) in [5.41, 5.74) is 2.66. The van der Waals surface area contributed by atoms with Crippen molar-refractivity contribution < 1.29 is 13.5 Å². The molecule has 3 aromatic rings. The Bertz CT molecular complexity index is 926. The van der Waals surface area contributed by atoms with E-state index in [1.165, 1.54) is 6.26 Å². The SMILES string of the molecule is CS(=O)(=O)c1ccc(-c2ccc3ccccc3c2CO)cc1. The van der Waals surface area contributed by atoms with Gasteiger partial charge in [0, 0.05) is 6.26 Å². The van der Waals surface area contributed by atoms with E-state index in [1.807, 2.05) is 36.4 Å². The van der Waals surface area contributed by atoms with Crippen LogP contribution in [0.15, 0.2) is 65.6 Å². The van der Waals surface area contributed by atoms with Gasteiger partial charge in [0.1, 0.15) is 0 Å². The first-order valence-corrected chi connectivity index (χ1v) is 8.82. The van der Waals surface area contributed by atoms with Crippen molar-refractivity contribution in [1.29, 1.82) is 0 Å². The second kappa shape index (κ2) is 5.55. The molecule has 0 amide bonds. The van der Waals surface area contributed by atoms with Crippen molar-refractivity contribution in [3.05, 3.63) is 66.2 Å². The van der Waals surface area contributed by atoms with Crippen molar-refractivity contribution in [2.24, 2.45) is 0 Å². The third kappa shape index (κ3) is 2.63. The van der Waals surface area contributed by atoms with Crippen LogP contribution in [0.25, 0.3) is 21.9 Å². The normalized spacial score (nSPS) is 11.7. The number of hydrogen-bond donors (Lipinski definition) is 1. The van der Waals surface area contributed by atoms with E-state index in [0.29, 0.717) is 4.90 Å². The number of aliphatic hydroxyl groups excluding tert-OH is 1. The molecule has 0 unspecified atom stereocenters. The molecule has 112 valence electrons. The van der Waals surface area contributed by atoms with Crippen LogP contribution in [0, 0.1) is 0 Å². The Morgan fingerprint density at radius 2 is 1.59 bits per heavy atom. The van der Waals surface area contributed by atoms with E-state index in [9.17, 15) is 13.5 Å². The lowest BCUT2D eigenvalue weighted by Crippen LogP contribution is -1.97. The molecule has 0 aliphatic rings. The summed E-state index contributed by atoms with van der Waals surface area (Å²) in [5.74, 6) is 0. The molecule has 1 N–H and O–H groups in total. The Labute approximate surface area is 129 Å². The molecule has 3 nitrogen and oxygen atoms in total. The first-order valence-electron chi connectivity index (χ1n) is 6.92. The van der Waals surface area contributed by atoms with Gasteiger partial charge >= 0.3 is 0 Å². The van der Waals surface area contributed by atoms with Gasteiger partial charge in [-0.2, -0.15) is 0 Å². The molecule has 0 saturated carbocycles. The Morgan fingerprint density at radius 3 is 2.23 bits per heavy atom. The van der Waals surface area contributed by atoms with Crippen molar-refractivity contribution >= 4 is 20.6 Å². The second-order valence-electron chi connectivity index (χ2n) is 5.27. The number of aliphatic hydroxyl groups is 1. The zero-order chi connectivity index (χ0) is 15.7. The predicted octanol–water partition coefficient (Wildman–Crippen LogP) is 3.40. The molecular weight excluding hydrogens is 296 g/mol. The van der Waals surface area contributed by atoms with Crippen LogP contribution in [-0.4, -0.2) is 19.8 Å². The highest BCUT2D eigenvalue weighted by molar-refractivity contribution is 7.90. The van der Waals surface area contributed by atoms with E-state index in [0.717, 1.165) is 27.5 Å². The average Bonchev–Trinajstić information content (AvgIpc) is 2.53. The molecule has 0 radical (unpaired) electrons. The molecule has 0 aromatic heterocycles. The Morgan fingerprint density at radius 1 is 0.909 bits per heavy atom. The molecule has 4 heteroatoms. The van der Waals surface area contributed by atoms with Crippen molar-refractivity contribution in [3.63, 3.8) is 0 Å². The van der Waals surface area contributed by atoms with Gasteiger partial charge in [-0.05, 0) is 39.6 Å². The summed E-state index contributed by atoms with van der Waals surface area (Å²) >= 11 is 0. The van der Waals surface area contributed by atoms with Crippen molar-refractivity contribution in [3.8, 4) is 11.1 Å². The fraction of sp³-hybridized carbons (Fsp3) is 0.111. The minimum atomic E-state index is -3.20. The molecule has 0 spiro atoms. The van der Waals surface area contributed by atoms with Gasteiger partial charge in [0.25, 0.3) is 0 Å². The van der Waals surface area contributed by atoms with Crippen LogP contribution in [0.3, 0.4) is 0 Å². The standard InChI is InChI=1S/C18H16O3S/c1-22(20,21)15-9-6-14(7-10-15)17-11-8-13-4-2-3-5-16(13)18(17)12-19/h2-11,19H,12H2,1H3. The van der Waals surface area contributed by atoms with Gasteiger partial charge in [-0.1, -0.05) is 48.5 Å². The molecule has 3 rings (SSSR count). The van der Waals surface area contributed by atoms with E-state index >= 15 is 0 Å². The third-order valence-electron chi connectivity index (χ3n) is 3.79. The van der Waals surface area contributed by atoms with Gasteiger partial charge in [0.05, 0.1) is 11.5 Å². The largest absolute Gasteiger partial charge is 0.392 e. The molecule has 0 aliphatic heterocycles. The Hall–Kier alpha value is -2.17. The predicted molar refractivity (Wildman–Crippen MR) is 88.4 cm³/mol. The molecule has 0 saturated heterocycles. The second-order valence-corrected chi connectivity index (χ2v) is 7.28. The molecule has 3 aromatic carbocycles. The van der Waals surface area contributed by atoms with Crippen LogP contribution in [-0.2, 0) is 16.4 Å². The van der Waals surface area contributed by atoms with Crippen molar-refractivity contribution in [1.82, 2.24) is 0 Å². The Balaban J connectivity index is 2.18. The van der Waals surface area contributed by atoms with Gasteiger partial charge in [0.15, 0.2) is 9.84 Å². The number of rotatable bonds is 3. The molecule has 22 heavy (non-hydrogen) atoms. The summed E-state index contributed by atoms with van der Waals surface area (Å²) in [6.07, 6.45) is 1.19. The maximum absolute atomic E-state index is 11.5. The molecular formula is C18H16O3S. The number of sulfone groups is 1. The van der Waals surface area contributed by atoms with Gasteiger partial charge in [-0.15, -0.1) is 0 Å². The van der Waals surface area contributed by atoms with Crippen molar-refractivity contribution in [2.75, 3.05) is 6.26 Å². The molecule has 0 aliphatic carbocycles. The highest BCUT2D eigenvalue weighted by Gasteiger charge is 2.11. The summed E-state index contributed by atoms with van der Waals surface area (Å²) in [6, 6.07) is 18.6. The minimum Gasteiger partial charge on any atom is -0.392 e. The molecule has 0 atom stereocenters. The van der Waals surface area contributed by atoms with Crippen LogP contribution in [0.2, 0.25) is 0 Å². The zero-order valence-electron chi connectivity index (χ0n) is 12.2. The molecule has 0 bridgehead atoms. The fourth-order valence-corrected chi connectivity index (χ4v) is 3.29. The minimum absolute atomic E-state index is 0.0650. The number of benzene rings is 3. The summed E-state index contributed by atoms with van der Waals surface area (Å²) < 4.78 is 23.1. The monoisotopic (exact) mass is 312 g/mol. The topological polar surface area (TPSA) is 54.4 Å². The van der Waals surface area contributed by atoms with Crippen LogP contribution in [0.4, 0.5) is 0 Å². The van der Waals surface area contributed by atoms with Crippen LogP contribution < -0.4 is 0 Å². The molecule has 0 fully saturated rings. The summed E-state index contributed by atoms with van der Waals surface area (Å²) in [4.78, 5) is 0.294. The fourth-order valence-electron chi connectivity index (χ4n) is 2.66. The third-order valence-corrected chi connectivity index (χ3v) is 4.92. The van der Waals surface area contributed by atoms with Crippen molar-refractivity contribution in [2.45, 2.75) is 11.5 Å². The van der Waals surface area contributed by atoms with Crippen LogP contribution >= 0.6 is 0 Å². The van der Waals surface area contributed by atoms with Gasteiger partial charge < -0.3 is 5.11 Å². The summed E-state index contributed by atoms with van der Waals surface area (Å²) in [7, 11) is -3.20. The van der Waals surface area contributed by atoms with E-state index < -0.39 is 9.84 Å². The van der Waals surface area contributed by atoms with Gasteiger partial charge in [0.2, 0.25) is 0 Å². The summed E-state index contributed by atoms with van der Waals surface area (Å²) in [5, 5.41) is 11.8. The highest BCUT2D eigenvalue weighted by Crippen LogP contribution is 2.31. The quantitative estimate of drug-likeness (QED) is 0.806. The van der Waals surface area contributed by atoms with E-state index in [1.54, 1.807) is 24.3 Å². The zero-order valence-corrected chi connectivity index (χ0v) is 13.0. The van der Waals surface area contributed by atoms with Crippen LogP contribution in [0.1, 0.15) is 5.56 Å². The Kier molecular flexibility index (Phi) is 3.72. The van der Waals surface area contributed by atoms with Gasteiger partial charge in [-0.3, -0.25) is 0 Å². The summed E-state index contributed by atoms with van der Waals surface area (Å²) in [6.45, 7) is -0.0650. The lowest BCUT2D eigenvalue weighted by Gasteiger charge is -2.12. The maximum atomic E-state index is 11.5. The first kappa shape index (κ1) is 14.8. The van der Waals surface area contributed by atoms with E-state index in [-0.39, 0.29) is 6.61 Å². The average molecular weight is 312 g/mol. The highest BCUT2D eigenvalue weighted by atomic mass is 32.2. The van der Waals surface area contributed by atoms with Gasteiger partial charge in [-0.25, -0.2) is 8.42 Å². The smallest absolute Gasteiger partial charge is 0.175 e. The molecule has 0 heterocycles. The lowest BCUT2D eigenvalue weighted by molar-refractivity contribution is 0.284. The first-order chi connectivity index (χ1) is 10.5. The van der Waals surface area contributed by atoms with E-state index in [4.69, 9.17) is 0 Å². The maximum Gasteiger partial charge on any atom is 0.175 e. The lowest BCUT2D eigenvalue weighted by atomic mass is 9.95.